The van der Waals surface area contributed by atoms with Crippen molar-refractivity contribution in [2.75, 3.05) is 11.9 Å². The van der Waals surface area contributed by atoms with Gasteiger partial charge in [0.25, 0.3) is 5.91 Å². The van der Waals surface area contributed by atoms with Crippen LogP contribution in [0.3, 0.4) is 0 Å². The number of esters is 1. The minimum Gasteiger partial charge on any atom is -0.461 e. The average molecular weight is 421 g/mol. The van der Waals surface area contributed by atoms with E-state index in [4.69, 9.17) is 10.5 Å². The molecule has 0 fully saturated rings. The third-order valence-electron chi connectivity index (χ3n) is 4.40. The minimum atomic E-state index is -0.592. The van der Waals surface area contributed by atoms with Crippen LogP contribution in [0.5, 0.6) is 0 Å². The Bertz CT molecular complexity index is 1210. The number of thiazole rings is 1. The van der Waals surface area contributed by atoms with E-state index in [1.165, 1.54) is 0 Å². The predicted octanol–water partition coefficient (Wildman–Crippen LogP) is 3.37. The van der Waals surface area contributed by atoms with Gasteiger partial charge in [-0.15, -0.1) is 0 Å². The zero-order chi connectivity index (χ0) is 21.1. The molecule has 0 unspecified atom stereocenters. The smallest absolute Gasteiger partial charge is 0.360 e. The monoisotopic (exact) mass is 421 g/mol. The molecule has 0 saturated heterocycles. The molecule has 0 atom stereocenters. The van der Waals surface area contributed by atoms with Crippen molar-refractivity contribution >= 4 is 39.2 Å². The molecule has 2 aromatic carbocycles. The van der Waals surface area contributed by atoms with E-state index in [0.29, 0.717) is 15.6 Å². The van der Waals surface area contributed by atoms with Gasteiger partial charge in [-0.3, -0.25) is 9.36 Å². The summed E-state index contributed by atoms with van der Waals surface area (Å²) in [5, 5.41) is 3.61. The summed E-state index contributed by atoms with van der Waals surface area (Å²) < 4.78 is 6.96. The summed E-state index contributed by atoms with van der Waals surface area (Å²) >= 11 is 1.16. The summed E-state index contributed by atoms with van der Waals surface area (Å²) in [5.74, 6) is -0.944. The molecular weight excluding hydrogens is 402 g/mol. The molecule has 0 aliphatic rings. The van der Waals surface area contributed by atoms with Crippen molar-refractivity contribution < 1.29 is 14.3 Å². The van der Waals surface area contributed by atoms with E-state index in [0.717, 1.165) is 28.1 Å². The summed E-state index contributed by atoms with van der Waals surface area (Å²) in [6, 6.07) is 14.9. The lowest BCUT2D eigenvalue weighted by atomic mass is 10.2. The largest absolute Gasteiger partial charge is 0.461 e. The zero-order valence-electron chi connectivity index (χ0n) is 16.2. The number of ether oxygens (including phenoxy) is 1. The number of aromatic nitrogens is 3. The number of hydrogen-bond acceptors (Lipinski definition) is 7. The molecule has 3 N–H and O–H groups in total. The number of nitrogens with one attached hydrogen (secondary N) is 1. The van der Waals surface area contributed by atoms with E-state index >= 15 is 0 Å². The van der Waals surface area contributed by atoms with Gasteiger partial charge in [-0.05, 0) is 43.3 Å². The van der Waals surface area contributed by atoms with Gasteiger partial charge in [-0.2, -0.15) is 0 Å². The van der Waals surface area contributed by atoms with Gasteiger partial charge in [0.2, 0.25) is 0 Å². The maximum Gasteiger partial charge on any atom is 0.360 e. The summed E-state index contributed by atoms with van der Waals surface area (Å²) in [5.41, 5.74) is 8.90. The normalized spacial score (nSPS) is 10.9. The Morgan fingerprint density at radius 1 is 1.17 bits per heavy atom. The molecule has 0 spiro atoms. The van der Waals surface area contributed by atoms with Gasteiger partial charge in [0.1, 0.15) is 16.3 Å². The Morgan fingerprint density at radius 3 is 2.67 bits per heavy atom. The molecular formula is C21H19N5O3S. The Morgan fingerprint density at radius 2 is 1.93 bits per heavy atom. The molecule has 152 valence electrons. The third kappa shape index (κ3) is 3.80. The van der Waals surface area contributed by atoms with E-state index < -0.39 is 5.97 Å². The van der Waals surface area contributed by atoms with Crippen molar-refractivity contribution in [2.24, 2.45) is 5.73 Å². The highest BCUT2D eigenvalue weighted by Gasteiger charge is 2.21. The van der Waals surface area contributed by atoms with Crippen LogP contribution in [0.4, 0.5) is 5.00 Å². The number of benzene rings is 2. The summed E-state index contributed by atoms with van der Waals surface area (Å²) in [6.45, 7) is 2.09. The lowest BCUT2D eigenvalue weighted by Gasteiger charge is -2.07. The lowest BCUT2D eigenvalue weighted by Crippen LogP contribution is -2.15. The quantitative estimate of drug-likeness (QED) is 0.462. The molecule has 2 aromatic heterocycles. The first kappa shape index (κ1) is 19.7. The van der Waals surface area contributed by atoms with Crippen LogP contribution < -0.4 is 11.1 Å². The maximum absolute atomic E-state index is 12.7. The molecule has 0 bridgehead atoms. The molecule has 0 saturated carbocycles. The Balaban J connectivity index is 1.56. The highest BCUT2D eigenvalue weighted by Crippen LogP contribution is 2.26. The van der Waals surface area contributed by atoms with Gasteiger partial charge in [-0.25, -0.2) is 14.8 Å². The van der Waals surface area contributed by atoms with Crippen LogP contribution in [-0.2, 0) is 11.3 Å². The molecule has 4 rings (SSSR count). The van der Waals surface area contributed by atoms with Gasteiger partial charge in [0.15, 0.2) is 5.69 Å². The Hall–Kier alpha value is -3.56. The highest BCUT2D eigenvalue weighted by molar-refractivity contribution is 7.16. The molecule has 0 aliphatic heterocycles. The van der Waals surface area contributed by atoms with Crippen LogP contribution in [0.2, 0.25) is 0 Å². The number of carbonyl (C=O) groups excluding carboxylic acids is 2. The predicted molar refractivity (Wildman–Crippen MR) is 115 cm³/mol. The zero-order valence-corrected chi connectivity index (χ0v) is 17.0. The number of para-hydroxylation sites is 2. The van der Waals surface area contributed by atoms with Crippen LogP contribution in [0.15, 0.2) is 54.9 Å². The Labute approximate surface area is 176 Å². The van der Waals surface area contributed by atoms with Crippen molar-refractivity contribution in [1.82, 2.24) is 14.5 Å². The molecule has 2 heterocycles. The van der Waals surface area contributed by atoms with E-state index in [-0.39, 0.29) is 24.8 Å². The second-order valence-corrected chi connectivity index (χ2v) is 7.40. The maximum atomic E-state index is 12.7. The van der Waals surface area contributed by atoms with Crippen LogP contribution in [0.25, 0.3) is 16.7 Å². The Kier molecular flexibility index (Phi) is 5.55. The molecule has 0 aliphatic carbocycles. The van der Waals surface area contributed by atoms with Gasteiger partial charge >= 0.3 is 5.97 Å². The average Bonchev–Trinajstić information content (AvgIpc) is 3.38. The standard InChI is InChI=1S/C21H19N5O3S/c1-2-29-21(28)18-20(30-17(11-22)24-18)25-19(27)13-7-9-14(10-8-13)26-12-23-15-5-3-4-6-16(15)26/h3-10,12H,2,11,22H2,1H3,(H,25,27). The number of hydrogen-bond donors (Lipinski definition) is 2. The summed E-state index contributed by atoms with van der Waals surface area (Å²) in [6.07, 6.45) is 1.75. The van der Waals surface area contributed by atoms with E-state index in [1.807, 2.05) is 41.0 Å². The number of nitrogens with two attached hydrogens (primary N) is 1. The van der Waals surface area contributed by atoms with Crippen LogP contribution in [0, 0.1) is 0 Å². The van der Waals surface area contributed by atoms with Crippen molar-refractivity contribution in [3.05, 3.63) is 71.1 Å². The molecule has 30 heavy (non-hydrogen) atoms. The molecule has 9 heteroatoms. The highest BCUT2D eigenvalue weighted by atomic mass is 32.1. The number of imidazole rings is 1. The molecule has 1 amide bonds. The number of anilines is 1. The van der Waals surface area contributed by atoms with Crippen molar-refractivity contribution in [3.63, 3.8) is 0 Å². The fraction of sp³-hybridized carbons (Fsp3) is 0.143. The number of fused-ring (bicyclic) bond motifs is 1. The number of carbonyl (C=O) groups is 2. The van der Waals surface area contributed by atoms with Crippen LogP contribution in [-0.4, -0.2) is 33.0 Å². The van der Waals surface area contributed by atoms with Crippen LogP contribution >= 0.6 is 11.3 Å². The molecule has 8 nitrogen and oxygen atoms in total. The first-order valence-electron chi connectivity index (χ1n) is 9.31. The number of amides is 1. The minimum absolute atomic E-state index is 0.0668. The van der Waals surface area contributed by atoms with Crippen molar-refractivity contribution in [1.29, 1.82) is 0 Å². The van der Waals surface area contributed by atoms with Gasteiger partial charge in [0.05, 0.1) is 17.6 Å². The lowest BCUT2D eigenvalue weighted by molar-refractivity contribution is 0.0521. The second kappa shape index (κ2) is 8.44. The number of nitrogens with zero attached hydrogens (tertiary/aromatic N) is 3. The summed E-state index contributed by atoms with van der Waals surface area (Å²) in [4.78, 5) is 33.4. The topological polar surface area (TPSA) is 112 Å². The van der Waals surface area contributed by atoms with E-state index in [1.54, 1.807) is 25.4 Å². The fourth-order valence-corrected chi connectivity index (χ4v) is 3.81. The summed E-state index contributed by atoms with van der Waals surface area (Å²) in [7, 11) is 0. The third-order valence-corrected chi connectivity index (χ3v) is 5.40. The fourth-order valence-electron chi connectivity index (χ4n) is 2.99. The van der Waals surface area contributed by atoms with Crippen molar-refractivity contribution in [3.8, 4) is 5.69 Å². The molecule has 0 radical (unpaired) electrons. The van der Waals surface area contributed by atoms with E-state index in [2.05, 4.69) is 15.3 Å². The SMILES string of the molecule is CCOC(=O)c1nc(CN)sc1NC(=O)c1ccc(-n2cnc3ccccc32)cc1. The van der Waals surface area contributed by atoms with Gasteiger partial charge in [0, 0.05) is 17.8 Å². The first-order valence-corrected chi connectivity index (χ1v) is 10.1. The first-order chi connectivity index (χ1) is 14.6. The van der Waals surface area contributed by atoms with Gasteiger partial charge < -0.3 is 15.8 Å². The van der Waals surface area contributed by atoms with E-state index in [9.17, 15) is 9.59 Å². The molecule has 4 aromatic rings. The van der Waals surface area contributed by atoms with Crippen LogP contribution in [0.1, 0.15) is 32.8 Å². The number of rotatable bonds is 6. The second-order valence-electron chi connectivity index (χ2n) is 6.31. The van der Waals surface area contributed by atoms with Gasteiger partial charge in [-0.1, -0.05) is 23.5 Å². The van der Waals surface area contributed by atoms with Crippen molar-refractivity contribution in [2.45, 2.75) is 13.5 Å².